The second-order valence-corrected chi connectivity index (χ2v) is 2.84. The van der Waals surface area contributed by atoms with E-state index in [1.807, 2.05) is 0 Å². The molecule has 0 bridgehead atoms. The van der Waals surface area contributed by atoms with Crippen LogP contribution in [0.15, 0.2) is 0 Å². The molecule has 5 heteroatoms. The van der Waals surface area contributed by atoms with E-state index in [0.29, 0.717) is 19.3 Å². The second-order valence-electron chi connectivity index (χ2n) is 2.84. The Balaban J connectivity index is 2.51. The zero-order valence-corrected chi connectivity index (χ0v) is 6.41. The third kappa shape index (κ3) is 1.94. The molecule has 12 heavy (non-hydrogen) atoms. The molecule has 0 aliphatic carbocycles. The molecule has 1 aliphatic rings. The van der Waals surface area contributed by atoms with E-state index in [2.05, 4.69) is 5.32 Å². The van der Waals surface area contributed by atoms with Crippen LogP contribution >= 0.6 is 0 Å². The maximum atomic E-state index is 10.3. The first-order chi connectivity index (χ1) is 5.61. The molecule has 1 aliphatic heterocycles. The maximum absolute atomic E-state index is 10.3. The summed E-state index contributed by atoms with van der Waals surface area (Å²) < 4.78 is 0. The third-order valence-electron chi connectivity index (χ3n) is 1.96. The minimum Gasteiger partial charge on any atom is -0.548 e. The summed E-state index contributed by atoms with van der Waals surface area (Å²) in [5.74, 6) is -2.50. The van der Waals surface area contributed by atoms with Gasteiger partial charge in [-0.2, -0.15) is 0 Å². The number of rotatable bonds is 2. The van der Waals surface area contributed by atoms with Crippen molar-refractivity contribution < 1.29 is 19.8 Å². The Morgan fingerprint density at radius 2 is 1.50 bits per heavy atom. The highest BCUT2D eigenvalue weighted by Gasteiger charge is 2.21. The van der Waals surface area contributed by atoms with Gasteiger partial charge in [0.15, 0.2) is 0 Å². The van der Waals surface area contributed by atoms with Gasteiger partial charge in [0.25, 0.3) is 0 Å². The first-order valence-corrected chi connectivity index (χ1v) is 3.79. The molecule has 5 nitrogen and oxygen atoms in total. The summed E-state index contributed by atoms with van der Waals surface area (Å²) in [5.41, 5.74) is 0. The number of carbonyl (C=O) groups excluding carboxylic acids is 2. The van der Waals surface area contributed by atoms with Gasteiger partial charge >= 0.3 is 0 Å². The number of piperidine rings is 1. The van der Waals surface area contributed by atoms with Crippen molar-refractivity contribution in [1.29, 1.82) is 0 Å². The summed E-state index contributed by atoms with van der Waals surface area (Å²) in [5, 5.41) is 23.1. The lowest BCUT2D eigenvalue weighted by molar-refractivity contribution is -0.313. The van der Waals surface area contributed by atoms with Crippen LogP contribution in [0.2, 0.25) is 0 Å². The quantitative estimate of drug-likeness (QED) is 0.478. The van der Waals surface area contributed by atoms with Crippen molar-refractivity contribution in [3.05, 3.63) is 0 Å². The standard InChI is InChI=1S/C7H11NO4/c9-6(10)4-2-1-3-5(8-4)7(11)12/h4-5,8H,1-3H2,(H,9,10)(H,11,12)/p-2. The Morgan fingerprint density at radius 1 is 1.08 bits per heavy atom. The number of aliphatic carboxylic acids is 2. The molecular weight excluding hydrogens is 162 g/mol. The number of carboxylic acid groups (broad SMARTS) is 2. The van der Waals surface area contributed by atoms with Crippen molar-refractivity contribution in [1.82, 2.24) is 5.32 Å². The van der Waals surface area contributed by atoms with Crippen LogP contribution in [0.1, 0.15) is 19.3 Å². The Kier molecular flexibility index (Phi) is 2.65. The molecule has 0 amide bonds. The molecule has 1 heterocycles. The molecular formula is C7H9NO4-2. The maximum Gasteiger partial charge on any atom is 0.0584 e. The molecule has 0 aromatic heterocycles. The lowest BCUT2D eigenvalue weighted by Crippen LogP contribution is -2.57. The van der Waals surface area contributed by atoms with Gasteiger partial charge in [-0.1, -0.05) is 0 Å². The van der Waals surface area contributed by atoms with Crippen molar-refractivity contribution in [3.8, 4) is 0 Å². The van der Waals surface area contributed by atoms with Crippen LogP contribution in [0, 0.1) is 0 Å². The fraction of sp³-hybridized carbons (Fsp3) is 0.714. The van der Waals surface area contributed by atoms with Crippen LogP contribution in [0.25, 0.3) is 0 Å². The van der Waals surface area contributed by atoms with E-state index >= 15 is 0 Å². The van der Waals surface area contributed by atoms with Gasteiger partial charge in [0.1, 0.15) is 0 Å². The van der Waals surface area contributed by atoms with E-state index in [4.69, 9.17) is 0 Å². The van der Waals surface area contributed by atoms with Gasteiger partial charge in [-0.3, -0.25) is 0 Å². The average molecular weight is 171 g/mol. The predicted octanol–water partition coefficient (Wildman–Crippen LogP) is -3.00. The van der Waals surface area contributed by atoms with Gasteiger partial charge in [-0.05, 0) is 19.3 Å². The molecule has 68 valence electrons. The SMILES string of the molecule is O=C([O-])C1CCCC(C(=O)[O-])N1. The van der Waals surface area contributed by atoms with Crippen LogP contribution in [0.3, 0.4) is 0 Å². The summed E-state index contributed by atoms with van der Waals surface area (Å²) in [7, 11) is 0. The first-order valence-electron chi connectivity index (χ1n) is 3.79. The lowest BCUT2D eigenvalue weighted by Gasteiger charge is -2.31. The number of hydrogen-bond donors (Lipinski definition) is 1. The van der Waals surface area contributed by atoms with Crippen LogP contribution in [0.5, 0.6) is 0 Å². The predicted molar refractivity (Wildman–Crippen MR) is 34.6 cm³/mol. The van der Waals surface area contributed by atoms with Crippen LogP contribution in [-0.4, -0.2) is 24.0 Å². The van der Waals surface area contributed by atoms with E-state index in [9.17, 15) is 19.8 Å². The smallest absolute Gasteiger partial charge is 0.0584 e. The van der Waals surface area contributed by atoms with Crippen LogP contribution in [0.4, 0.5) is 0 Å². The largest absolute Gasteiger partial charge is 0.548 e. The van der Waals surface area contributed by atoms with Crippen molar-refractivity contribution in [3.63, 3.8) is 0 Å². The van der Waals surface area contributed by atoms with Gasteiger partial charge in [0.2, 0.25) is 0 Å². The summed E-state index contributed by atoms with van der Waals surface area (Å²) in [6.45, 7) is 0. The molecule has 1 N–H and O–H groups in total. The average Bonchev–Trinajstić information content (AvgIpc) is 2.04. The number of carboxylic acids is 2. The molecule has 1 fully saturated rings. The van der Waals surface area contributed by atoms with E-state index in [0.717, 1.165) is 0 Å². The molecule has 2 atom stereocenters. The minimum atomic E-state index is -1.25. The third-order valence-corrected chi connectivity index (χ3v) is 1.96. The lowest BCUT2D eigenvalue weighted by atomic mass is 9.99. The van der Waals surface area contributed by atoms with E-state index in [-0.39, 0.29) is 0 Å². The topological polar surface area (TPSA) is 92.3 Å². The fourth-order valence-corrected chi connectivity index (χ4v) is 1.31. The highest BCUT2D eigenvalue weighted by molar-refractivity contribution is 5.75. The van der Waals surface area contributed by atoms with Crippen LogP contribution < -0.4 is 15.5 Å². The van der Waals surface area contributed by atoms with E-state index < -0.39 is 24.0 Å². The van der Waals surface area contributed by atoms with E-state index in [1.54, 1.807) is 0 Å². The van der Waals surface area contributed by atoms with Crippen molar-refractivity contribution >= 4 is 11.9 Å². The molecule has 2 unspecified atom stereocenters. The minimum absolute atomic E-state index is 0.423. The molecule has 0 radical (unpaired) electrons. The van der Waals surface area contributed by atoms with Gasteiger partial charge in [0, 0.05) is 12.1 Å². The highest BCUT2D eigenvalue weighted by atomic mass is 16.4. The number of nitrogens with one attached hydrogen (secondary N) is 1. The van der Waals surface area contributed by atoms with Crippen molar-refractivity contribution in [2.45, 2.75) is 31.3 Å². The Bertz CT molecular complexity index is 184. The summed E-state index contributed by atoms with van der Waals surface area (Å²) in [6.07, 6.45) is 1.42. The number of hydrogen-bond acceptors (Lipinski definition) is 5. The van der Waals surface area contributed by atoms with Gasteiger partial charge in [-0.15, -0.1) is 0 Å². The van der Waals surface area contributed by atoms with Crippen LogP contribution in [-0.2, 0) is 9.59 Å². The van der Waals surface area contributed by atoms with Crippen molar-refractivity contribution in [2.75, 3.05) is 0 Å². The molecule has 0 spiro atoms. The van der Waals surface area contributed by atoms with Gasteiger partial charge in [-0.25, -0.2) is 0 Å². The molecule has 0 aromatic rings. The Morgan fingerprint density at radius 3 is 1.83 bits per heavy atom. The molecule has 1 rings (SSSR count). The zero-order chi connectivity index (χ0) is 9.14. The monoisotopic (exact) mass is 171 g/mol. The van der Waals surface area contributed by atoms with Crippen molar-refractivity contribution in [2.24, 2.45) is 0 Å². The summed E-state index contributed by atoms with van der Waals surface area (Å²) in [4.78, 5) is 20.7. The Hall–Kier alpha value is -1.10. The second kappa shape index (κ2) is 3.53. The van der Waals surface area contributed by atoms with Gasteiger partial charge in [0.05, 0.1) is 11.9 Å². The molecule has 0 saturated carbocycles. The van der Waals surface area contributed by atoms with E-state index in [1.165, 1.54) is 0 Å². The Labute approximate surface area is 69.4 Å². The number of carbonyl (C=O) groups is 2. The highest BCUT2D eigenvalue weighted by Crippen LogP contribution is 2.11. The fourth-order valence-electron chi connectivity index (χ4n) is 1.31. The normalized spacial score (nSPS) is 29.7. The first kappa shape index (κ1) is 8.99. The summed E-state index contributed by atoms with van der Waals surface area (Å²) in [6, 6.07) is -1.69. The summed E-state index contributed by atoms with van der Waals surface area (Å²) >= 11 is 0. The molecule has 0 aromatic carbocycles. The molecule has 1 saturated heterocycles. The zero-order valence-electron chi connectivity index (χ0n) is 6.41. The van der Waals surface area contributed by atoms with Gasteiger partial charge < -0.3 is 25.1 Å².